The monoisotopic (exact) mass is 341 g/mol. The molecule has 0 spiro atoms. The molecule has 1 aliphatic rings. The van der Waals surface area contributed by atoms with Gasteiger partial charge in [0, 0.05) is 51.1 Å². The molecule has 0 bridgehead atoms. The fourth-order valence-electron chi connectivity index (χ4n) is 2.77. The predicted molar refractivity (Wildman–Crippen MR) is 96.9 cm³/mol. The molecule has 1 fully saturated rings. The Bertz CT molecular complexity index is 707. The molecular weight excluding hydrogens is 318 g/mol. The van der Waals surface area contributed by atoms with Crippen molar-refractivity contribution in [3.63, 3.8) is 0 Å². The molecule has 0 aliphatic carbocycles. The van der Waals surface area contributed by atoms with Crippen molar-refractivity contribution in [3.05, 3.63) is 36.2 Å². The molecule has 0 radical (unpaired) electrons. The van der Waals surface area contributed by atoms with E-state index in [-0.39, 0.29) is 11.9 Å². The molecule has 0 atom stereocenters. The fraction of sp³-hybridized carbons (Fsp3) is 0.412. The molecule has 1 saturated heterocycles. The number of amides is 1. The number of carbonyl (C=O) groups is 1. The Kier molecular flexibility index (Phi) is 5.61. The zero-order chi connectivity index (χ0) is 17.5. The SMILES string of the molecule is Nc1nc(NCCCN2CCCC2=O)cc(NCc2cccnc2)n1. The van der Waals surface area contributed by atoms with Crippen LogP contribution >= 0.6 is 0 Å². The Labute approximate surface area is 146 Å². The molecular formula is C17H23N7O. The highest BCUT2D eigenvalue weighted by Gasteiger charge is 2.18. The van der Waals surface area contributed by atoms with Crippen molar-refractivity contribution >= 4 is 23.5 Å². The van der Waals surface area contributed by atoms with Gasteiger partial charge in [0.15, 0.2) is 0 Å². The summed E-state index contributed by atoms with van der Waals surface area (Å²) in [5, 5.41) is 6.46. The Morgan fingerprint density at radius 3 is 2.80 bits per heavy atom. The first-order valence-electron chi connectivity index (χ1n) is 8.50. The first kappa shape index (κ1) is 16.9. The second kappa shape index (κ2) is 8.27. The number of nitrogens with two attached hydrogens (primary N) is 1. The Morgan fingerprint density at radius 1 is 1.24 bits per heavy atom. The van der Waals surface area contributed by atoms with Gasteiger partial charge in [-0.25, -0.2) is 0 Å². The number of hydrogen-bond donors (Lipinski definition) is 3. The summed E-state index contributed by atoms with van der Waals surface area (Å²) in [4.78, 5) is 26.0. The lowest BCUT2D eigenvalue weighted by atomic mass is 10.3. The van der Waals surface area contributed by atoms with Crippen molar-refractivity contribution in [1.82, 2.24) is 19.9 Å². The Balaban J connectivity index is 1.48. The maximum absolute atomic E-state index is 11.6. The van der Waals surface area contributed by atoms with Crippen LogP contribution in [0.4, 0.5) is 17.6 Å². The first-order chi connectivity index (χ1) is 12.2. The van der Waals surface area contributed by atoms with Gasteiger partial charge in [0.1, 0.15) is 11.6 Å². The highest BCUT2D eigenvalue weighted by atomic mass is 16.2. The van der Waals surface area contributed by atoms with Crippen LogP contribution in [0.1, 0.15) is 24.8 Å². The minimum atomic E-state index is 0.216. The van der Waals surface area contributed by atoms with Crippen molar-refractivity contribution < 1.29 is 4.79 Å². The van der Waals surface area contributed by atoms with E-state index in [2.05, 4.69) is 25.6 Å². The largest absolute Gasteiger partial charge is 0.370 e. The first-order valence-corrected chi connectivity index (χ1v) is 8.50. The van der Waals surface area contributed by atoms with Crippen molar-refractivity contribution in [2.45, 2.75) is 25.8 Å². The number of nitrogens with one attached hydrogen (secondary N) is 2. The smallest absolute Gasteiger partial charge is 0.223 e. The highest BCUT2D eigenvalue weighted by molar-refractivity contribution is 5.78. The second-order valence-corrected chi connectivity index (χ2v) is 5.98. The number of carbonyl (C=O) groups excluding carboxylic acids is 1. The molecule has 8 heteroatoms. The number of aromatic nitrogens is 3. The normalized spacial score (nSPS) is 13.9. The average Bonchev–Trinajstić information content (AvgIpc) is 3.02. The maximum Gasteiger partial charge on any atom is 0.223 e. The van der Waals surface area contributed by atoms with Gasteiger partial charge in [0.05, 0.1) is 0 Å². The van der Waals surface area contributed by atoms with E-state index in [1.165, 1.54) is 0 Å². The van der Waals surface area contributed by atoms with E-state index < -0.39 is 0 Å². The van der Waals surface area contributed by atoms with E-state index in [4.69, 9.17) is 5.73 Å². The third-order valence-electron chi connectivity index (χ3n) is 4.02. The molecule has 8 nitrogen and oxygen atoms in total. The van der Waals surface area contributed by atoms with Crippen LogP contribution in [0.5, 0.6) is 0 Å². The molecule has 1 aliphatic heterocycles. The van der Waals surface area contributed by atoms with Gasteiger partial charge >= 0.3 is 0 Å². The zero-order valence-electron chi connectivity index (χ0n) is 14.1. The standard InChI is InChI=1S/C17H23N7O/c18-17-22-14(20-7-3-9-24-8-2-5-16(24)25)10-15(23-17)21-12-13-4-1-6-19-11-13/h1,4,6,10-11H,2-3,5,7-9,12H2,(H4,18,20,21,22,23). The van der Waals surface area contributed by atoms with Gasteiger partial charge in [0.2, 0.25) is 11.9 Å². The third-order valence-corrected chi connectivity index (χ3v) is 4.02. The van der Waals surface area contributed by atoms with Gasteiger partial charge in [-0.1, -0.05) is 6.07 Å². The van der Waals surface area contributed by atoms with Crippen molar-refractivity contribution in [2.24, 2.45) is 0 Å². The van der Waals surface area contributed by atoms with Gasteiger partial charge in [-0.2, -0.15) is 9.97 Å². The van der Waals surface area contributed by atoms with Crippen LogP contribution in [0.3, 0.4) is 0 Å². The summed E-state index contributed by atoms with van der Waals surface area (Å²) in [6, 6.07) is 5.71. The molecule has 1 amide bonds. The fourth-order valence-corrected chi connectivity index (χ4v) is 2.77. The van der Waals surface area contributed by atoms with Gasteiger partial charge in [0.25, 0.3) is 0 Å². The van der Waals surface area contributed by atoms with Crippen LogP contribution in [-0.4, -0.2) is 45.4 Å². The topological polar surface area (TPSA) is 109 Å². The van der Waals surface area contributed by atoms with Crippen LogP contribution in [0.2, 0.25) is 0 Å². The lowest BCUT2D eigenvalue weighted by Gasteiger charge is -2.15. The minimum absolute atomic E-state index is 0.216. The van der Waals surface area contributed by atoms with E-state index in [0.717, 1.165) is 38.0 Å². The maximum atomic E-state index is 11.6. The molecule has 0 saturated carbocycles. The minimum Gasteiger partial charge on any atom is -0.370 e. The van der Waals surface area contributed by atoms with Gasteiger partial charge in [-0.3, -0.25) is 9.78 Å². The van der Waals surface area contributed by atoms with Crippen molar-refractivity contribution in [3.8, 4) is 0 Å². The third kappa shape index (κ3) is 5.03. The number of nitrogens with zero attached hydrogens (tertiary/aromatic N) is 4. The number of anilines is 3. The number of likely N-dealkylation sites (tertiary alicyclic amines) is 1. The van der Waals surface area contributed by atoms with Crippen LogP contribution in [0.15, 0.2) is 30.6 Å². The van der Waals surface area contributed by atoms with Crippen LogP contribution in [0, 0.1) is 0 Å². The molecule has 3 rings (SSSR count). The van der Waals surface area contributed by atoms with Crippen molar-refractivity contribution in [1.29, 1.82) is 0 Å². The number of pyridine rings is 1. The summed E-state index contributed by atoms with van der Waals surface area (Å²) >= 11 is 0. The van der Waals surface area contributed by atoms with Gasteiger partial charge in [-0.05, 0) is 24.5 Å². The quantitative estimate of drug-likeness (QED) is 0.624. The zero-order valence-corrected chi connectivity index (χ0v) is 14.1. The molecule has 2 aromatic rings. The van der Waals surface area contributed by atoms with Crippen LogP contribution < -0.4 is 16.4 Å². The lowest BCUT2D eigenvalue weighted by Crippen LogP contribution is -2.27. The van der Waals surface area contributed by atoms with E-state index in [1.807, 2.05) is 23.1 Å². The number of hydrogen-bond acceptors (Lipinski definition) is 7. The predicted octanol–water partition coefficient (Wildman–Crippen LogP) is 1.49. The summed E-state index contributed by atoms with van der Waals surface area (Å²) < 4.78 is 0. The van der Waals surface area contributed by atoms with E-state index in [1.54, 1.807) is 12.4 Å². The van der Waals surface area contributed by atoms with E-state index >= 15 is 0 Å². The van der Waals surface area contributed by atoms with Gasteiger partial charge in [-0.15, -0.1) is 0 Å². The van der Waals surface area contributed by atoms with E-state index in [9.17, 15) is 4.79 Å². The number of nitrogen functional groups attached to an aromatic ring is 1. The molecule has 4 N–H and O–H groups in total. The van der Waals surface area contributed by atoms with Crippen LogP contribution in [-0.2, 0) is 11.3 Å². The summed E-state index contributed by atoms with van der Waals surface area (Å²) in [6.07, 6.45) is 6.07. The molecule has 3 heterocycles. The highest BCUT2D eigenvalue weighted by Crippen LogP contribution is 2.14. The van der Waals surface area contributed by atoms with E-state index in [0.29, 0.717) is 24.6 Å². The Morgan fingerprint density at radius 2 is 2.08 bits per heavy atom. The van der Waals surface area contributed by atoms with Gasteiger partial charge < -0.3 is 21.3 Å². The summed E-state index contributed by atoms with van der Waals surface area (Å²) in [7, 11) is 0. The summed E-state index contributed by atoms with van der Waals surface area (Å²) in [5.74, 6) is 1.81. The number of rotatable bonds is 8. The average molecular weight is 341 g/mol. The second-order valence-electron chi connectivity index (χ2n) is 5.98. The molecule has 2 aromatic heterocycles. The molecule has 0 aromatic carbocycles. The summed E-state index contributed by atoms with van der Waals surface area (Å²) in [6.45, 7) is 2.99. The Hall–Kier alpha value is -2.90. The summed E-state index contributed by atoms with van der Waals surface area (Å²) in [5.41, 5.74) is 6.84. The molecule has 132 valence electrons. The molecule has 0 unspecified atom stereocenters. The lowest BCUT2D eigenvalue weighted by molar-refractivity contribution is -0.127. The molecule has 25 heavy (non-hydrogen) atoms. The van der Waals surface area contributed by atoms with Crippen molar-refractivity contribution in [2.75, 3.05) is 36.0 Å². The van der Waals surface area contributed by atoms with Crippen LogP contribution in [0.25, 0.3) is 0 Å².